The van der Waals surface area contributed by atoms with Gasteiger partial charge in [-0.15, -0.1) is 0 Å². The van der Waals surface area contributed by atoms with E-state index in [2.05, 4.69) is 47.9 Å². The highest BCUT2D eigenvalue weighted by atomic mass is 15.3. The first-order valence-electron chi connectivity index (χ1n) is 8.02. The van der Waals surface area contributed by atoms with Crippen LogP contribution in [0.4, 0.5) is 5.69 Å². The van der Waals surface area contributed by atoms with Gasteiger partial charge in [0.05, 0.1) is 0 Å². The van der Waals surface area contributed by atoms with Gasteiger partial charge in [-0.25, -0.2) is 0 Å². The second-order valence-corrected chi connectivity index (χ2v) is 6.49. The number of hydrogen-bond donors (Lipinski definition) is 1. The Morgan fingerprint density at radius 3 is 2.80 bits per heavy atom. The van der Waals surface area contributed by atoms with Gasteiger partial charge in [0.15, 0.2) is 0 Å². The van der Waals surface area contributed by atoms with Crippen molar-refractivity contribution in [3.05, 3.63) is 29.8 Å². The maximum absolute atomic E-state index is 6.16. The molecule has 2 heterocycles. The summed E-state index contributed by atoms with van der Waals surface area (Å²) in [6.07, 6.45) is 4.11. The van der Waals surface area contributed by atoms with Crippen LogP contribution < -0.4 is 10.6 Å². The Morgan fingerprint density at radius 2 is 2.00 bits per heavy atom. The molecule has 20 heavy (non-hydrogen) atoms. The summed E-state index contributed by atoms with van der Waals surface area (Å²) < 4.78 is 0. The summed E-state index contributed by atoms with van der Waals surface area (Å²) >= 11 is 0. The molecule has 2 saturated heterocycles. The molecule has 2 aliphatic heterocycles. The van der Waals surface area contributed by atoms with Gasteiger partial charge in [-0.1, -0.05) is 24.6 Å². The molecule has 0 aliphatic carbocycles. The van der Waals surface area contributed by atoms with Crippen molar-refractivity contribution in [2.24, 2.45) is 5.73 Å². The molecule has 0 amide bonds. The van der Waals surface area contributed by atoms with Crippen LogP contribution in [0.2, 0.25) is 0 Å². The number of nitrogens with two attached hydrogens (primary N) is 1. The molecular weight excluding hydrogens is 246 g/mol. The van der Waals surface area contributed by atoms with E-state index in [4.69, 9.17) is 5.73 Å². The zero-order chi connectivity index (χ0) is 14.1. The van der Waals surface area contributed by atoms with E-state index in [0.29, 0.717) is 6.04 Å². The predicted molar refractivity (Wildman–Crippen MR) is 85.1 cm³/mol. The van der Waals surface area contributed by atoms with Crippen molar-refractivity contribution >= 4 is 5.69 Å². The molecule has 1 aromatic rings. The minimum Gasteiger partial charge on any atom is -0.366 e. The van der Waals surface area contributed by atoms with Crippen LogP contribution in [0.15, 0.2) is 24.3 Å². The van der Waals surface area contributed by atoms with Crippen LogP contribution in [0, 0.1) is 0 Å². The summed E-state index contributed by atoms with van der Waals surface area (Å²) in [5.41, 5.74) is 8.79. The van der Waals surface area contributed by atoms with Gasteiger partial charge < -0.3 is 10.6 Å². The first-order chi connectivity index (χ1) is 9.66. The second kappa shape index (κ2) is 5.74. The number of piperidine rings is 1. The van der Waals surface area contributed by atoms with Crippen molar-refractivity contribution in [3.63, 3.8) is 0 Å². The van der Waals surface area contributed by atoms with Crippen molar-refractivity contribution in [1.82, 2.24) is 4.90 Å². The maximum Gasteiger partial charge on any atom is 0.0417 e. The predicted octanol–water partition coefficient (Wildman–Crippen LogP) is 2.77. The molecule has 3 rings (SSSR count). The highest BCUT2D eigenvalue weighted by molar-refractivity contribution is 5.56. The molecular formula is C17H27N3. The van der Waals surface area contributed by atoms with Crippen molar-refractivity contribution in [3.8, 4) is 0 Å². The summed E-state index contributed by atoms with van der Waals surface area (Å²) in [5.74, 6) is 0. The number of para-hydroxylation sites is 1. The van der Waals surface area contributed by atoms with E-state index in [0.717, 1.165) is 12.6 Å². The fraction of sp³-hybridized carbons (Fsp3) is 0.647. The summed E-state index contributed by atoms with van der Waals surface area (Å²) in [4.78, 5) is 5.28. The van der Waals surface area contributed by atoms with Crippen LogP contribution in [0.5, 0.6) is 0 Å². The molecule has 1 aromatic carbocycles. The zero-order valence-corrected chi connectivity index (χ0v) is 12.8. The lowest BCUT2D eigenvalue weighted by atomic mass is 9.95. The fourth-order valence-corrected chi connectivity index (χ4v) is 3.82. The molecule has 3 atom stereocenters. The number of anilines is 1. The van der Waals surface area contributed by atoms with Crippen LogP contribution >= 0.6 is 0 Å². The van der Waals surface area contributed by atoms with E-state index in [9.17, 15) is 0 Å². The van der Waals surface area contributed by atoms with Crippen molar-refractivity contribution in [1.29, 1.82) is 0 Å². The highest BCUT2D eigenvalue weighted by Crippen LogP contribution is 2.32. The fourth-order valence-electron chi connectivity index (χ4n) is 3.82. The molecule has 0 aromatic heterocycles. The number of nitrogens with zero attached hydrogens (tertiary/aromatic N) is 2. The van der Waals surface area contributed by atoms with Gasteiger partial charge in [0.2, 0.25) is 0 Å². The van der Waals surface area contributed by atoms with Gasteiger partial charge in [-0.2, -0.15) is 0 Å². The van der Waals surface area contributed by atoms with Crippen LogP contribution in [0.25, 0.3) is 0 Å². The van der Waals surface area contributed by atoms with Gasteiger partial charge in [0, 0.05) is 36.9 Å². The number of fused-ring (bicyclic) bond motifs is 1. The number of piperazine rings is 1. The summed E-state index contributed by atoms with van der Waals surface area (Å²) in [6, 6.07) is 10.1. The first-order valence-corrected chi connectivity index (χ1v) is 8.02. The summed E-state index contributed by atoms with van der Waals surface area (Å²) in [7, 11) is 0. The molecule has 2 unspecified atom stereocenters. The minimum absolute atomic E-state index is 0.0998. The van der Waals surface area contributed by atoms with Crippen LogP contribution in [-0.4, -0.2) is 36.6 Å². The third-order valence-corrected chi connectivity index (χ3v) is 4.92. The maximum atomic E-state index is 6.16. The lowest BCUT2D eigenvalue weighted by Gasteiger charge is -2.49. The van der Waals surface area contributed by atoms with Gasteiger partial charge in [-0.3, -0.25) is 4.90 Å². The van der Waals surface area contributed by atoms with E-state index >= 15 is 0 Å². The molecule has 110 valence electrons. The molecule has 3 nitrogen and oxygen atoms in total. The molecule has 2 aliphatic rings. The van der Waals surface area contributed by atoms with E-state index in [1.165, 1.54) is 43.6 Å². The Hall–Kier alpha value is -1.06. The van der Waals surface area contributed by atoms with Crippen molar-refractivity contribution < 1.29 is 0 Å². The quantitative estimate of drug-likeness (QED) is 0.899. The molecule has 2 fully saturated rings. The van der Waals surface area contributed by atoms with E-state index < -0.39 is 0 Å². The number of rotatable bonds is 2. The van der Waals surface area contributed by atoms with Gasteiger partial charge >= 0.3 is 0 Å². The molecule has 0 radical (unpaired) electrons. The highest BCUT2D eigenvalue weighted by Gasteiger charge is 2.33. The van der Waals surface area contributed by atoms with E-state index in [1.54, 1.807) is 0 Å². The monoisotopic (exact) mass is 273 g/mol. The van der Waals surface area contributed by atoms with E-state index in [-0.39, 0.29) is 6.04 Å². The SMILES string of the molecule is CC1CN2CCCCC2CN1c1ccccc1[C@H](C)N. The zero-order valence-electron chi connectivity index (χ0n) is 12.8. The first kappa shape index (κ1) is 13.9. The van der Waals surface area contributed by atoms with Crippen LogP contribution in [0.3, 0.4) is 0 Å². The topological polar surface area (TPSA) is 32.5 Å². The van der Waals surface area contributed by atoms with Crippen molar-refractivity contribution in [2.45, 2.75) is 51.2 Å². The second-order valence-electron chi connectivity index (χ2n) is 6.49. The van der Waals surface area contributed by atoms with Crippen LogP contribution in [-0.2, 0) is 0 Å². The van der Waals surface area contributed by atoms with Crippen LogP contribution in [0.1, 0.15) is 44.7 Å². The standard InChI is InChI=1S/C17H27N3/c1-13-11-19-10-6-5-7-15(19)12-20(13)17-9-4-3-8-16(17)14(2)18/h3-4,8-9,13-15H,5-7,10-12,18H2,1-2H3/t13?,14-,15?/m0/s1. The Morgan fingerprint density at radius 1 is 1.20 bits per heavy atom. The molecule has 3 heteroatoms. The Labute approximate surface area is 122 Å². The normalized spacial score (nSPS) is 29.1. The number of hydrogen-bond acceptors (Lipinski definition) is 3. The number of benzene rings is 1. The average molecular weight is 273 g/mol. The molecule has 0 bridgehead atoms. The summed E-state index contributed by atoms with van der Waals surface area (Å²) in [5, 5.41) is 0. The Bertz CT molecular complexity index is 457. The third-order valence-electron chi connectivity index (χ3n) is 4.92. The van der Waals surface area contributed by atoms with Gasteiger partial charge in [0.1, 0.15) is 0 Å². The van der Waals surface area contributed by atoms with Gasteiger partial charge in [-0.05, 0) is 44.9 Å². The third kappa shape index (κ3) is 2.57. The smallest absolute Gasteiger partial charge is 0.0417 e. The lowest BCUT2D eigenvalue weighted by Crippen LogP contribution is -2.59. The minimum atomic E-state index is 0.0998. The molecule has 0 saturated carbocycles. The lowest BCUT2D eigenvalue weighted by molar-refractivity contribution is 0.115. The Kier molecular flexibility index (Phi) is 3.99. The molecule has 2 N–H and O–H groups in total. The largest absolute Gasteiger partial charge is 0.366 e. The average Bonchev–Trinajstić information content (AvgIpc) is 2.46. The van der Waals surface area contributed by atoms with E-state index in [1.807, 2.05) is 0 Å². The van der Waals surface area contributed by atoms with Gasteiger partial charge in [0.25, 0.3) is 0 Å². The molecule has 0 spiro atoms. The van der Waals surface area contributed by atoms with Crippen molar-refractivity contribution in [2.75, 3.05) is 24.5 Å². The Balaban J connectivity index is 1.86. The summed E-state index contributed by atoms with van der Waals surface area (Å²) in [6.45, 7) is 8.07.